The highest BCUT2D eigenvalue weighted by molar-refractivity contribution is 6.00. The first kappa shape index (κ1) is 47.4. The van der Waals surface area contributed by atoms with Gasteiger partial charge in [0.05, 0.1) is 12.8 Å². The molecule has 3 atom stereocenters. The van der Waals surface area contributed by atoms with Crippen molar-refractivity contribution in [1.29, 1.82) is 0 Å². The Balaban J connectivity index is 1.50. The third-order valence-electron chi connectivity index (χ3n) is 10.4. The molecule has 16 heteroatoms. The summed E-state index contributed by atoms with van der Waals surface area (Å²) in [6, 6.07) is 19.3. The van der Waals surface area contributed by atoms with Gasteiger partial charge in [0, 0.05) is 65.1 Å². The quantitative estimate of drug-likeness (QED) is 0.140. The normalized spacial score (nSPS) is 14.2. The lowest BCUT2D eigenvalue weighted by molar-refractivity contribution is -0.152. The van der Waals surface area contributed by atoms with Gasteiger partial charge in [0.2, 0.25) is 23.6 Å². The van der Waals surface area contributed by atoms with Crippen LogP contribution in [0.5, 0.6) is 0 Å². The number of piperazine rings is 1. The number of nitrogens with zero attached hydrogens (tertiary/aromatic N) is 4. The van der Waals surface area contributed by atoms with Crippen LogP contribution in [-0.4, -0.2) is 140 Å². The molecule has 4 N–H and O–H groups in total. The highest BCUT2D eigenvalue weighted by Gasteiger charge is 2.35. The zero-order valence-electron chi connectivity index (χ0n) is 36.2. The van der Waals surface area contributed by atoms with Gasteiger partial charge in [0.25, 0.3) is 5.91 Å². The van der Waals surface area contributed by atoms with E-state index < -0.39 is 60.9 Å². The molecule has 3 aromatic carbocycles. The van der Waals surface area contributed by atoms with Crippen molar-refractivity contribution in [1.82, 2.24) is 30.2 Å². The van der Waals surface area contributed by atoms with E-state index in [0.29, 0.717) is 43.1 Å². The lowest BCUT2D eigenvalue weighted by Gasteiger charge is -2.35. The molecule has 0 spiro atoms. The minimum Gasteiger partial charge on any atom is -0.455 e. The Bertz CT molecular complexity index is 1980. The molecule has 1 aliphatic rings. The van der Waals surface area contributed by atoms with Gasteiger partial charge < -0.3 is 45.6 Å². The number of aryl methyl sites for hydroxylation is 1. The van der Waals surface area contributed by atoms with E-state index in [1.807, 2.05) is 76.3 Å². The van der Waals surface area contributed by atoms with Crippen LogP contribution in [-0.2, 0) is 46.3 Å². The van der Waals surface area contributed by atoms with Crippen molar-refractivity contribution in [3.8, 4) is 0 Å². The number of carbonyl (C=O) groups excluding carboxylic acids is 7. The van der Waals surface area contributed by atoms with Crippen molar-refractivity contribution in [3.05, 3.63) is 95.6 Å². The molecule has 0 aromatic heterocycles. The molecular formula is C45H60N8O8. The molecule has 0 radical (unpaired) electrons. The van der Waals surface area contributed by atoms with Gasteiger partial charge in [-0.1, -0.05) is 74.5 Å². The van der Waals surface area contributed by atoms with E-state index in [1.165, 1.54) is 30.9 Å². The first-order valence-corrected chi connectivity index (χ1v) is 20.5. The van der Waals surface area contributed by atoms with Crippen LogP contribution in [0.25, 0.3) is 0 Å². The Morgan fingerprint density at radius 1 is 0.721 bits per heavy atom. The van der Waals surface area contributed by atoms with Crippen molar-refractivity contribution in [3.63, 3.8) is 0 Å². The van der Waals surface area contributed by atoms with Crippen LogP contribution in [0.4, 0.5) is 16.2 Å². The third kappa shape index (κ3) is 15.0. The van der Waals surface area contributed by atoms with Gasteiger partial charge in [0.1, 0.15) is 18.1 Å². The van der Waals surface area contributed by atoms with Crippen LogP contribution < -0.4 is 21.3 Å². The summed E-state index contributed by atoms with van der Waals surface area (Å²) in [6.07, 6.45) is -0.332. The zero-order chi connectivity index (χ0) is 44.6. The van der Waals surface area contributed by atoms with Crippen LogP contribution in [0.3, 0.4) is 0 Å². The molecule has 328 valence electrons. The number of carbonyl (C=O) groups is 7. The maximum atomic E-state index is 14.2. The summed E-state index contributed by atoms with van der Waals surface area (Å²) in [7, 11) is 6.48. The number of amides is 7. The first-order valence-electron chi connectivity index (χ1n) is 20.5. The van der Waals surface area contributed by atoms with Crippen molar-refractivity contribution in [2.24, 2.45) is 5.92 Å². The molecule has 0 saturated carbocycles. The largest absolute Gasteiger partial charge is 0.455 e. The van der Waals surface area contributed by atoms with E-state index in [4.69, 9.17) is 4.74 Å². The van der Waals surface area contributed by atoms with Gasteiger partial charge in [-0.25, -0.2) is 4.79 Å². The van der Waals surface area contributed by atoms with Crippen LogP contribution in [0.15, 0.2) is 78.9 Å². The van der Waals surface area contributed by atoms with E-state index in [2.05, 4.69) is 26.2 Å². The van der Waals surface area contributed by atoms with Gasteiger partial charge in [0.15, 0.2) is 6.61 Å². The number of anilines is 2. The van der Waals surface area contributed by atoms with E-state index >= 15 is 0 Å². The average Bonchev–Trinajstić information content (AvgIpc) is 3.22. The monoisotopic (exact) mass is 840 g/mol. The van der Waals surface area contributed by atoms with Gasteiger partial charge in [-0.3, -0.25) is 28.8 Å². The molecule has 0 unspecified atom stereocenters. The lowest BCUT2D eigenvalue weighted by Crippen LogP contribution is -2.59. The molecule has 0 aliphatic carbocycles. The summed E-state index contributed by atoms with van der Waals surface area (Å²) in [5.41, 5.74) is 3.53. The molecule has 16 nitrogen and oxygen atoms in total. The van der Waals surface area contributed by atoms with E-state index in [9.17, 15) is 33.6 Å². The van der Waals surface area contributed by atoms with Crippen LogP contribution in [0.1, 0.15) is 43.4 Å². The SMILES string of the molecule is Cc1ccccc1NC(=O)Nc1ccc(CC(=O)N(C)[C@@H](CC(C)C)C(=O)N[C@@H](CC(=O)OCC(=O)N(C)C)C(=O)N[C@@H](Cc2ccccc2)C(=O)N2CCN(C)CC2)cc1. The number of benzene rings is 3. The Hall–Kier alpha value is -6.29. The number of likely N-dealkylation sites (N-methyl/N-ethyl adjacent to an activating group) is 3. The molecule has 1 aliphatic heterocycles. The van der Waals surface area contributed by atoms with Gasteiger partial charge in [-0.15, -0.1) is 0 Å². The topological polar surface area (TPSA) is 190 Å². The second kappa shape index (κ2) is 22.9. The third-order valence-corrected chi connectivity index (χ3v) is 10.4. The summed E-state index contributed by atoms with van der Waals surface area (Å²) in [4.78, 5) is 100. The number of esters is 1. The molecule has 0 bridgehead atoms. The van der Waals surface area contributed by atoms with Crippen molar-refractivity contribution in [2.45, 2.75) is 64.6 Å². The lowest BCUT2D eigenvalue weighted by atomic mass is 10.00. The van der Waals surface area contributed by atoms with Crippen molar-refractivity contribution in [2.75, 3.05) is 71.6 Å². The number of nitrogens with one attached hydrogen (secondary N) is 4. The summed E-state index contributed by atoms with van der Waals surface area (Å²) < 4.78 is 5.19. The maximum absolute atomic E-state index is 14.2. The summed E-state index contributed by atoms with van der Waals surface area (Å²) in [6.45, 7) is 7.35. The summed E-state index contributed by atoms with van der Waals surface area (Å²) in [5.74, 6) is -3.64. The minimum atomic E-state index is -1.52. The second-order valence-corrected chi connectivity index (χ2v) is 16.0. The molecule has 61 heavy (non-hydrogen) atoms. The van der Waals surface area contributed by atoms with Gasteiger partial charge >= 0.3 is 12.0 Å². The predicted octanol–water partition coefficient (Wildman–Crippen LogP) is 3.06. The summed E-state index contributed by atoms with van der Waals surface area (Å²) >= 11 is 0. The molecule has 1 fully saturated rings. The molecule has 4 rings (SSSR count). The van der Waals surface area contributed by atoms with E-state index in [1.54, 1.807) is 35.2 Å². The fourth-order valence-corrected chi connectivity index (χ4v) is 6.61. The number of para-hydroxylation sites is 1. The Labute approximate surface area is 358 Å². The molecular weight excluding hydrogens is 781 g/mol. The van der Waals surface area contributed by atoms with E-state index in [-0.39, 0.29) is 37.0 Å². The van der Waals surface area contributed by atoms with Gasteiger partial charge in [-0.2, -0.15) is 0 Å². The Morgan fingerprint density at radius 2 is 1.34 bits per heavy atom. The van der Waals surface area contributed by atoms with Crippen LogP contribution in [0.2, 0.25) is 0 Å². The molecule has 7 amide bonds. The van der Waals surface area contributed by atoms with Crippen LogP contribution in [0, 0.1) is 12.8 Å². The number of rotatable bonds is 18. The van der Waals surface area contributed by atoms with Crippen molar-refractivity contribution < 1.29 is 38.3 Å². The summed E-state index contributed by atoms with van der Waals surface area (Å²) in [5, 5.41) is 11.1. The highest BCUT2D eigenvalue weighted by Crippen LogP contribution is 2.18. The first-order chi connectivity index (χ1) is 29.0. The zero-order valence-corrected chi connectivity index (χ0v) is 36.2. The number of hydrogen-bond donors (Lipinski definition) is 4. The highest BCUT2D eigenvalue weighted by atomic mass is 16.5. The number of urea groups is 1. The smallest absolute Gasteiger partial charge is 0.323 e. The predicted molar refractivity (Wildman–Crippen MR) is 232 cm³/mol. The molecule has 3 aromatic rings. The Morgan fingerprint density at radius 3 is 1.97 bits per heavy atom. The number of ether oxygens (including phenoxy) is 1. The molecule has 1 saturated heterocycles. The fraction of sp³-hybridized carbons (Fsp3) is 0.444. The van der Waals surface area contributed by atoms with Crippen LogP contribution >= 0.6 is 0 Å². The minimum absolute atomic E-state index is 0.0621. The fourth-order valence-electron chi connectivity index (χ4n) is 6.61. The van der Waals surface area contributed by atoms with Crippen molar-refractivity contribution >= 4 is 52.9 Å². The Kier molecular flexibility index (Phi) is 17.8. The second-order valence-electron chi connectivity index (χ2n) is 16.0. The van der Waals surface area contributed by atoms with E-state index in [0.717, 1.165) is 11.1 Å². The maximum Gasteiger partial charge on any atom is 0.323 e. The standard InChI is InChI=1S/C45H60N8O8/c1-30(2)25-38(52(7)39(54)27-33-17-19-34(20-18-33)46-45(60)49-35-16-12-11-13-31(35)3)43(58)47-36(28-41(56)61-29-40(55)50(4)5)42(57)48-37(26-32-14-9-8-10-15-32)44(59)53-23-21-51(6)22-24-53/h8-20,30,36-38H,21-29H2,1-7H3,(H,47,58)(H,48,57)(H2,46,49,60)/t36-,37-,38-/m0/s1. The number of hydrogen-bond acceptors (Lipinski definition) is 9. The van der Waals surface area contributed by atoms with Gasteiger partial charge in [-0.05, 0) is 61.2 Å². The molecule has 1 heterocycles. The average molecular weight is 841 g/mol.